The molecule has 0 radical (unpaired) electrons. The quantitative estimate of drug-likeness (QED) is 0.698. The zero-order chi connectivity index (χ0) is 15.8. The Balaban J connectivity index is 1.54. The van der Waals surface area contributed by atoms with E-state index in [-0.39, 0.29) is 11.2 Å². The predicted octanol–water partition coefficient (Wildman–Crippen LogP) is 5.16. The second-order valence-electron chi connectivity index (χ2n) is 8.61. The number of rotatable bonds is 2. The third-order valence-electron chi connectivity index (χ3n) is 7.54. The Morgan fingerprint density at radius 3 is 1.54 bits per heavy atom. The Kier molecular flexibility index (Phi) is 2.57. The summed E-state index contributed by atoms with van der Waals surface area (Å²) in [5.74, 6) is 3.47. The summed E-state index contributed by atoms with van der Waals surface area (Å²) in [7, 11) is 0. The van der Waals surface area contributed by atoms with Gasteiger partial charge in [-0.3, -0.25) is 0 Å². The molecule has 1 nitrogen and oxygen atoms in total. The Bertz CT molecular complexity index is 696. The summed E-state index contributed by atoms with van der Waals surface area (Å²) in [6.07, 6.45) is 7.08. The van der Waals surface area contributed by atoms with Gasteiger partial charge in [0.15, 0.2) is 0 Å². The van der Waals surface area contributed by atoms with Crippen LogP contribution < -0.4 is 0 Å². The van der Waals surface area contributed by atoms with E-state index < -0.39 is 0 Å². The van der Waals surface area contributed by atoms with Gasteiger partial charge in [0, 0.05) is 0 Å². The lowest BCUT2D eigenvalue weighted by molar-refractivity contribution is -0.0563. The van der Waals surface area contributed by atoms with Crippen LogP contribution in [0.2, 0.25) is 0 Å². The largest absolute Gasteiger partial charge is 0.352 e. The average Bonchev–Trinajstić information content (AvgIpc) is 3.33. The number of hydrogen-bond donors (Lipinski definition) is 0. The molecule has 5 aliphatic rings. The molecule has 1 spiro atoms. The van der Waals surface area contributed by atoms with Gasteiger partial charge >= 0.3 is 0 Å². The summed E-state index contributed by atoms with van der Waals surface area (Å²) < 4.78 is 6.94. The highest BCUT2D eigenvalue weighted by Gasteiger charge is 2.80. The van der Waals surface area contributed by atoms with Crippen molar-refractivity contribution in [3.63, 3.8) is 0 Å². The fourth-order valence-electron chi connectivity index (χ4n) is 6.94. The van der Waals surface area contributed by atoms with Crippen LogP contribution in [-0.2, 0) is 10.3 Å². The lowest BCUT2D eigenvalue weighted by Crippen LogP contribution is -2.53. The molecular weight excluding hydrogens is 292 g/mol. The Hall–Kier alpha value is -1.60. The summed E-state index contributed by atoms with van der Waals surface area (Å²) in [6, 6.07) is 22.1. The number of hydrogen-bond acceptors (Lipinski definition) is 1. The first-order valence-electron chi connectivity index (χ1n) is 9.64. The van der Waals surface area contributed by atoms with Gasteiger partial charge in [-0.1, -0.05) is 60.7 Å². The van der Waals surface area contributed by atoms with E-state index in [1.807, 2.05) is 0 Å². The topological polar surface area (TPSA) is 12.5 Å². The van der Waals surface area contributed by atoms with Gasteiger partial charge in [-0.05, 0) is 66.9 Å². The maximum Gasteiger partial charge on any atom is 0.148 e. The van der Waals surface area contributed by atoms with Crippen LogP contribution in [0.4, 0.5) is 0 Å². The van der Waals surface area contributed by atoms with Crippen molar-refractivity contribution in [2.45, 2.75) is 43.3 Å². The first-order chi connectivity index (χ1) is 11.8. The van der Waals surface area contributed by atoms with E-state index in [4.69, 9.17) is 4.74 Å². The molecule has 0 unspecified atom stereocenters. The molecule has 7 rings (SSSR count). The van der Waals surface area contributed by atoms with E-state index in [1.165, 1.54) is 43.2 Å². The van der Waals surface area contributed by atoms with Gasteiger partial charge in [0.05, 0.1) is 0 Å². The van der Waals surface area contributed by atoms with Gasteiger partial charge in [0.25, 0.3) is 0 Å². The summed E-state index contributed by atoms with van der Waals surface area (Å²) in [6.45, 7) is 0. The molecule has 1 aliphatic heterocycles. The van der Waals surface area contributed by atoms with E-state index in [9.17, 15) is 0 Å². The first-order valence-corrected chi connectivity index (χ1v) is 9.64. The van der Waals surface area contributed by atoms with E-state index in [0.717, 1.165) is 23.7 Å². The number of benzene rings is 2. The van der Waals surface area contributed by atoms with E-state index in [1.54, 1.807) is 0 Å². The molecule has 4 aliphatic carbocycles. The Morgan fingerprint density at radius 1 is 0.625 bits per heavy atom. The molecule has 2 aromatic carbocycles. The highest BCUT2D eigenvalue weighted by atomic mass is 16.6. The second-order valence-corrected chi connectivity index (χ2v) is 8.61. The van der Waals surface area contributed by atoms with Crippen molar-refractivity contribution < 1.29 is 4.74 Å². The van der Waals surface area contributed by atoms with Crippen molar-refractivity contribution in [1.29, 1.82) is 0 Å². The monoisotopic (exact) mass is 316 g/mol. The lowest BCUT2D eigenvalue weighted by Gasteiger charge is -2.54. The smallest absolute Gasteiger partial charge is 0.148 e. The molecule has 4 saturated carbocycles. The van der Waals surface area contributed by atoms with Crippen LogP contribution in [0.5, 0.6) is 0 Å². The second kappa shape index (κ2) is 4.52. The van der Waals surface area contributed by atoms with Gasteiger partial charge in [0.2, 0.25) is 0 Å². The zero-order valence-corrected chi connectivity index (χ0v) is 14.0. The fourth-order valence-corrected chi connectivity index (χ4v) is 6.94. The Labute approximate surface area is 144 Å². The Morgan fingerprint density at radius 2 is 1.08 bits per heavy atom. The van der Waals surface area contributed by atoms with Crippen LogP contribution in [0, 0.1) is 23.7 Å². The van der Waals surface area contributed by atoms with Crippen molar-refractivity contribution >= 4 is 0 Å². The van der Waals surface area contributed by atoms with Crippen LogP contribution in [0.15, 0.2) is 60.7 Å². The maximum absolute atomic E-state index is 6.94. The summed E-state index contributed by atoms with van der Waals surface area (Å²) in [5.41, 5.74) is 2.61. The number of epoxide rings is 1. The summed E-state index contributed by atoms with van der Waals surface area (Å²) in [5, 5.41) is 0. The molecule has 122 valence electrons. The van der Waals surface area contributed by atoms with Gasteiger partial charge < -0.3 is 4.74 Å². The van der Waals surface area contributed by atoms with E-state index in [0.29, 0.717) is 0 Å². The van der Waals surface area contributed by atoms with Crippen molar-refractivity contribution in [1.82, 2.24) is 0 Å². The van der Waals surface area contributed by atoms with Crippen LogP contribution >= 0.6 is 0 Å². The van der Waals surface area contributed by atoms with E-state index >= 15 is 0 Å². The van der Waals surface area contributed by atoms with Crippen molar-refractivity contribution in [2.24, 2.45) is 23.7 Å². The maximum atomic E-state index is 6.94. The van der Waals surface area contributed by atoms with Crippen molar-refractivity contribution in [2.75, 3.05) is 0 Å². The minimum absolute atomic E-state index is 0.0725. The molecule has 1 heterocycles. The zero-order valence-electron chi connectivity index (χ0n) is 14.0. The minimum Gasteiger partial charge on any atom is -0.352 e. The van der Waals surface area contributed by atoms with E-state index in [2.05, 4.69) is 60.7 Å². The van der Waals surface area contributed by atoms with Crippen LogP contribution in [-0.4, -0.2) is 5.60 Å². The molecule has 0 N–H and O–H groups in total. The van der Waals surface area contributed by atoms with Crippen molar-refractivity contribution in [3.8, 4) is 0 Å². The van der Waals surface area contributed by atoms with Crippen LogP contribution in [0.25, 0.3) is 0 Å². The molecule has 4 bridgehead atoms. The van der Waals surface area contributed by atoms with Crippen molar-refractivity contribution in [3.05, 3.63) is 71.8 Å². The molecule has 24 heavy (non-hydrogen) atoms. The average molecular weight is 316 g/mol. The summed E-state index contributed by atoms with van der Waals surface area (Å²) >= 11 is 0. The van der Waals surface area contributed by atoms with Gasteiger partial charge in [0.1, 0.15) is 11.2 Å². The lowest BCUT2D eigenvalue weighted by atomic mass is 9.48. The SMILES string of the molecule is c1ccc(C2(c3ccccc3)OC23C2CC4CC(C2)CC3C4)cc1. The molecule has 2 aromatic rings. The highest BCUT2D eigenvalue weighted by Crippen LogP contribution is 2.75. The standard InChI is InChI=1S/C23H24O/c1-3-7-18(8-4-1)22(19-9-5-2-6-10-19)23(24-22)20-12-16-11-17(14-20)15-21(23)13-16/h1-10,16-17,20-21H,11-15H2. The third-order valence-corrected chi connectivity index (χ3v) is 7.54. The minimum atomic E-state index is -0.196. The molecule has 5 fully saturated rings. The van der Waals surface area contributed by atoms with Gasteiger partial charge in [-0.15, -0.1) is 0 Å². The summed E-state index contributed by atoms with van der Waals surface area (Å²) in [4.78, 5) is 0. The predicted molar refractivity (Wildman–Crippen MR) is 94.5 cm³/mol. The third kappa shape index (κ3) is 1.51. The molecule has 1 saturated heterocycles. The van der Waals surface area contributed by atoms with Gasteiger partial charge in [-0.25, -0.2) is 0 Å². The molecule has 0 atom stereocenters. The molecular formula is C23H24O. The molecule has 0 aromatic heterocycles. The fraction of sp³-hybridized carbons (Fsp3) is 0.478. The van der Waals surface area contributed by atoms with Crippen LogP contribution in [0.1, 0.15) is 43.2 Å². The van der Waals surface area contributed by atoms with Crippen LogP contribution in [0.3, 0.4) is 0 Å². The number of ether oxygens (including phenoxy) is 1. The normalized spacial score (nSPS) is 40.8. The molecule has 0 amide bonds. The first kappa shape index (κ1) is 13.7. The van der Waals surface area contributed by atoms with Gasteiger partial charge in [-0.2, -0.15) is 0 Å². The highest BCUT2D eigenvalue weighted by molar-refractivity contribution is 5.49. The molecule has 1 heteroatoms.